The number of benzene rings is 2. The van der Waals surface area contributed by atoms with Gasteiger partial charge in [-0.15, -0.1) is 0 Å². The zero-order valence-electron chi connectivity index (χ0n) is 15.4. The van der Waals surface area contributed by atoms with Crippen LogP contribution in [0.5, 0.6) is 0 Å². The molecule has 2 aromatic carbocycles. The van der Waals surface area contributed by atoms with Gasteiger partial charge in [-0.1, -0.05) is 18.2 Å². The number of amides is 2. The fourth-order valence-corrected chi connectivity index (χ4v) is 3.56. The maximum absolute atomic E-state index is 12.6. The van der Waals surface area contributed by atoms with Crippen molar-refractivity contribution < 1.29 is 18.0 Å². The fraction of sp³-hybridized carbons (Fsp3) is 0.0500. The van der Waals surface area contributed by atoms with Crippen molar-refractivity contribution in [2.75, 3.05) is 17.1 Å². The van der Waals surface area contributed by atoms with E-state index in [1.165, 1.54) is 49.6 Å². The van der Waals surface area contributed by atoms with E-state index in [2.05, 4.69) is 20.3 Å². The molecule has 3 aromatic rings. The van der Waals surface area contributed by atoms with E-state index >= 15 is 0 Å². The van der Waals surface area contributed by atoms with Crippen LogP contribution in [0.1, 0.15) is 20.7 Å². The summed E-state index contributed by atoms with van der Waals surface area (Å²) in [5, 5.41) is 5.17. The largest absolute Gasteiger partial charge is 0.355 e. The predicted molar refractivity (Wildman–Crippen MR) is 109 cm³/mol. The molecule has 9 heteroatoms. The summed E-state index contributed by atoms with van der Waals surface area (Å²) >= 11 is 0. The third-order valence-corrected chi connectivity index (χ3v) is 5.27. The van der Waals surface area contributed by atoms with E-state index in [0.717, 1.165) is 0 Å². The Bertz CT molecular complexity index is 1150. The third kappa shape index (κ3) is 4.96. The standard InChI is InChI=1S/C20H18N4O4S/c1-21-19(25)14-6-4-8-16(12-14)23-20(26)15-7-5-9-17(13-15)29(27,28)24-18-10-2-3-11-22-18/h2-13H,1H3,(H,21,25)(H,22,24)(H,23,26). The van der Waals surface area contributed by atoms with Crippen LogP contribution in [-0.4, -0.2) is 32.3 Å². The molecule has 0 spiro atoms. The Morgan fingerprint density at radius 3 is 2.28 bits per heavy atom. The molecule has 2 amide bonds. The Balaban J connectivity index is 1.80. The van der Waals surface area contributed by atoms with Crippen LogP contribution in [0.15, 0.2) is 77.8 Å². The Morgan fingerprint density at radius 1 is 0.862 bits per heavy atom. The van der Waals surface area contributed by atoms with Crippen LogP contribution in [-0.2, 0) is 10.0 Å². The van der Waals surface area contributed by atoms with Gasteiger partial charge in [0.25, 0.3) is 21.8 Å². The molecule has 0 bridgehead atoms. The van der Waals surface area contributed by atoms with E-state index in [9.17, 15) is 18.0 Å². The molecule has 0 radical (unpaired) electrons. The van der Waals surface area contributed by atoms with Gasteiger partial charge in [-0.05, 0) is 48.5 Å². The molecule has 0 atom stereocenters. The second kappa shape index (κ2) is 8.53. The average molecular weight is 410 g/mol. The van der Waals surface area contributed by atoms with Crippen LogP contribution in [0.3, 0.4) is 0 Å². The molecule has 0 saturated carbocycles. The molecule has 148 valence electrons. The molecule has 3 rings (SSSR count). The fourth-order valence-electron chi connectivity index (χ4n) is 2.51. The van der Waals surface area contributed by atoms with Gasteiger partial charge in [0.15, 0.2) is 0 Å². The molecule has 1 heterocycles. The van der Waals surface area contributed by atoms with Gasteiger partial charge in [0.05, 0.1) is 4.90 Å². The second-order valence-electron chi connectivity index (χ2n) is 5.96. The molecule has 8 nitrogen and oxygen atoms in total. The van der Waals surface area contributed by atoms with Crippen LogP contribution in [0, 0.1) is 0 Å². The van der Waals surface area contributed by atoms with Crippen molar-refractivity contribution in [2.24, 2.45) is 0 Å². The van der Waals surface area contributed by atoms with E-state index in [-0.39, 0.29) is 22.2 Å². The summed E-state index contributed by atoms with van der Waals surface area (Å²) in [6, 6.07) is 16.9. The van der Waals surface area contributed by atoms with E-state index in [1.807, 2.05) is 0 Å². The minimum absolute atomic E-state index is 0.0742. The lowest BCUT2D eigenvalue weighted by Gasteiger charge is -2.10. The topological polar surface area (TPSA) is 117 Å². The Hall–Kier alpha value is -3.72. The summed E-state index contributed by atoms with van der Waals surface area (Å²) < 4.78 is 27.5. The van der Waals surface area contributed by atoms with E-state index < -0.39 is 15.9 Å². The van der Waals surface area contributed by atoms with Crippen LogP contribution in [0.25, 0.3) is 0 Å². The molecular weight excluding hydrogens is 392 g/mol. The van der Waals surface area contributed by atoms with Crippen molar-refractivity contribution in [3.63, 3.8) is 0 Å². The molecule has 0 aliphatic heterocycles. The molecular formula is C20H18N4O4S. The summed E-state index contributed by atoms with van der Waals surface area (Å²) in [5.74, 6) is -0.614. The van der Waals surface area contributed by atoms with Gasteiger partial charge in [-0.25, -0.2) is 13.4 Å². The lowest BCUT2D eigenvalue weighted by Crippen LogP contribution is -2.19. The van der Waals surface area contributed by atoms with Crippen molar-refractivity contribution in [1.29, 1.82) is 0 Å². The second-order valence-corrected chi connectivity index (χ2v) is 7.64. The lowest BCUT2D eigenvalue weighted by molar-refractivity contribution is 0.0961. The molecule has 0 saturated heterocycles. The molecule has 0 unspecified atom stereocenters. The highest BCUT2D eigenvalue weighted by molar-refractivity contribution is 7.92. The minimum Gasteiger partial charge on any atom is -0.355 e. The highest BCUT2D eigenvalue weighted by Crippen LogP contribution is 2.17. The van der Waals surface area contributed by atoms with Crippen molar-refractivity contribution >= 4 is 33.3 Å². The number of sulfonamides is 1. The summed E-state index contributed by atoms with van der Waals surface area (Å²) in [7, 11) is -2.40. The average Bonchev–Trinajstić information content (AvgIpc) is 2.74. The number of carbonyl (C=O) groups excluding carboxylic acids is 2. The zero-order chi connectivity index (χ0) is 20.9. The van der Waals surface area contributed by atoms with Gasteiger partial charge >= 0.3 is 0 Å². The number of hydrogen-bond acceptors (Lipinski definition) is 5. The highest BCUT2D eigenvalue weighted by Gasteiger charge is 2.17. The summed E-state index contributed by atoms with van der Waals surface area (Å²) in [5.41, 5.74) is 0.955. The van der Waals surface area contributed by atoms with E-state index in [0.29, 0.717) is 11.3 Å². The SMILES string of the molecule is CNC(=O)c1cccc(NC(=O)c2cccc(S(=O)(=O)Nc3ccccn3)c2)c1. The predicted octanol–water partition coefficient (Wildman–Crippen LogP) is 2.49. The van der Waals surface area contributed by atoms with Gasteiger partial charge in [-0.2, -0.15) is 0 Å². The number of hydrogen-bond donors (Lipinski definition) is 3. The van der Waals surface area contributed by atoms with Crippen LogP contribution >= 0.6 is 0 Å². The third-order valence-electron chi connectivity index (χ3n) is 3.92. The molecule has 1 aromatic heterocycles. The number of nitrogens with one attached hydrogen (secondary N) is 3. The first-order valence-corrected chi connectivity index (χ1v) is 10.0. The number of rotatable bonds is 6. The van der Waals surface area contributed by atoms with Crippen molar-refractivity contribution in [3.05, 3.63) is 84.1 Å². The van der Waals surface area contributed by atoms with Gasteiger partial charge < -0.3 is 10.6 Å². The zero-order valence-corrected chi connectivity index (χ0v) is 16.2. The van der Waals surface area contributed by atoms with Crippen molar-refractivity contribution in [3.8, 4) is 0 Å². The monoisotopic (exact) mass is 410 g/mol. The molecule has 3 N–H and O–H groups in total. The highest BCUT2D eigenvalue weighted by atomic mass is 32.2. The maximum Gasteiger partial charge on any atom is 0.263 e. The molecule has 0 aliphatic rings. The number of pyridine rings is 1. The number of nitrogens with zero attached hydrogens (tertiary/aromatic N) is 1. The van der Waals surface area contributed by atoms with Crippen LogP contribution in [0.2, 0.25) is 0 Å². The first-order valence-electron chi connectivity index (χ1n) is 8.56. The van der Waals surface area contributed by atoms with Crippen molar-refractivity contribution in [2.45, 2.75) is 4.90 Å². The van der Waals surface area contributed by atoms with Gasteiger partial charge in [0, 0.05) is 30.1 Å². The Kier molecular flexibility index (Phi) is 5.89. The first-order chi connectivity index (χ1) is 13.9. The smallest absolute Gasteiger partial charge is 0.263 e. The maximum atomic E-state index is 12.6. The Labute approximate surface area is 168 Å². The molecule has 0 fully saturated rings. The summed E-state index contributed by atoms with van der Waals surface area (Å²) in [6.07, 6.45) is 1.47. The summed E-state index contributed by atoms with van der Waals surface area (Å²) in [4.78, 5) is 28.1. The van der Waals surface area contributed by atoms with Crippen molar-refractivity contribution in [1.82, 2.24) is 10.3 Å². The quantitative estimate of drug-likeness (QED) is 0.577. The van der Waals surface area contributed by atoms with E-state index in [4.69, 9.17) is 0 Å². The Morgan fingerprint density at radius 2 is 1.59 bits per heavy atom. The molecule has 29 heavy (non-hydrogen) atoms. The van der Waals surface area contributed by atoms with Crippen LogP contribution in [0.4, 0.5) is 11.5 Å². The van der Waals surface area contributed by atoms with Gasteiger partial charge in [-0.3, -0.25) is 14.3 Å². The minimum atomic E-state index is -3.91. The van der Waals surface area contributed by atoms with Gasteiger partial charge in [0.1, 0.15) is 5.82 Å². The van der Waals surface area contributed by atoms with Gasteiger partial charge in [0.2, 0.25) is 0 Å². The molecule has 0 aliphatic carbocycles. The van der Waals surface area contributed by atoms with E-state index in [1.54, 1.807) is 30.3 Å². The first kappa shape index (κ1) is 20.0. The summed E-state index contributed by atoms with van der Waals surface area (Å²) in [6.45, 7) is 0. The lowest BCUT2D eigenvalue weighted by atomic mass is 10.1. The normalized spacial score (nSPS) is 10.8. The van der Waals surface area contributed by atoms with Crippen LogP contribution < -0.4 is 15.4 Å². The number of carbonyl (C=O) groups is 2. The number of aromatic nitrogens is 1. The number of anilines is 2.